The summed E-state index contributed by atoms with van der Waals surface area (Å²) in [7, 11) is 0.0519. The van der Waals surface area contributed by atoms with Crippen LogP contribution >= 0.6 is 0 Å². The van der Waals surface area contributed by atoms with E-state index >= 15 is 0 Å². The lowest BCUT2D eigenvalue weighted by atomic mass is 10.9. The maximum atomic E-state index is 5.47. The van der Waals surface area contributed by atoms with Gasteiger partial charge in [0, 0.05) is 41.7 Å². The fourth-order valence-electron chi connectivity index (χ4n) is 1.21. The van der Waals surface area contributed by atoms with Crippen molar-refractivity contribution in [2.75, 3.05) is 41.7 Å². The predicted molar refractivity (Wildman–Crippen MR) is 70.6 cm³/mol. The summed E-state index contributed by atoms with van der Waals surface area (Å²) in [5, 5.41) is 0. The third-order valence-corrected chi connectivity index (χ3v) is 6.71. The number of hydrogen-bond acceptors (Lipinski definition) is 6. The van der Waals surface area contributed by atoms with E-state index in [1.807, 2.05) is 13.8 Å². The highest BCUT2D eigenvalue weighted by Gasteiger charge is 2.42. The minimum absolute atomic E-state index is 0.450. The first-order chi connectivity index (χ1) is 8.57. The lowest BCUT2D eigenvalue weighted by Crippen LogP contribution is -2.47. The quantitative estimate of drug-likeness (QED) is 0.483. The number of hydrogen-bond donors (Lipinski definition) is 0. The smallest absolute Gasteiger partial charge is 0.367 e. The van der Waals surface area contributed by atoms with Crippen molar-refractivity contribution in [2.45, 2.75) is 13.8 Å². The average Bonchev–Trinajstić information content (AvgIpc) is 2.42. The Morgan fingerprint density at radius 3 is 1.11 bits per heavy atom. The molecule has 0 aliphatic carbocycles. The van der Waals surface area contributed by atoms with Gasteiger partial charge in [-0.2, -0.15) is 0 Å². The molecule has 0 aromatic heterocycles. The van der Waals surface area contributed by atoms with Crippen LogP contribution in [0.2, 0.25) is 0 Å². The second-order valence-electron chi connectivity index (χ2n) is 3.04. The molecule has 0 bridgehead atoms. The van der Waals surface area contributed by atoms with E-state index in [1.54, 1.807) is 0 Å². The van der Waals surface area contributed by atoms with E-state index in [-0.39, 0.29) is 0 Å². The van der Waals surface area contributed by atoms with Gasteiger partial charge >= 0.3 is 17.6 Å². The fraction of sp³-hybridized carbons (Fsp3) is 0.800. The minimum Gasteiger partial charge on any atom is -0.367 e. The Balaban J connectivity index is 5.15. The van der Waals surface area contributed by atoms with Crippen molar-refractivity contribution in [2.24, 2.45) is 0 Å². The third kappa shape index (κ3) is 4.79. The van der Waals surface area contributed by atoms with Gasteiger partial charge < -0.3 is 26.6 Å². The van der Waals surface area contributed by atoms with Crippen molar-refractivity contribution < 1.29 is 26.6 Å². The van der Waals surface area contributed by atoms with Crippen LogP contribution < -0.4 is 0 Å². The summed E-state index contributed by atoms with van der Waals surface area (Å²) in [6, 6.07) is 0. The first kappa shape index (κ1) is 17.8. The molecule has 0 N–H and O–H groups in total. The van der Waals surface area contributed by atoms with Crippen LogP contribution in [0.1, 0.15) is 13.8 Å². The number of rotatable bonds is 8. The Kier molecular flexibility index (Phi) is 8.67. The lowest BCUT2D eigenvalue weighted by molar-refractivity contribution is 0.117. The summed E-state index contributed by atoms with van der Waals surface area (Å²) in [6.07, 6.45) is 0. The highest BCUT2D eigenvalue weighted by atomic mass is 28.4. The molecule has 0 atom stereocenters. The van der Waals surface area contributed by atoms with Crippen molar-refractivity contribution in [3.05, 3.63) is 0 Å². The maximum Gasteiger partial charge on any atom is 0.590 e. The van der Waals surface area contributed by atoms with Gasteiger partial charge in [0.05, 0.1) is 0 Å². The Labute approximate surface area is 111 Å². The van der Waals surface area contributed by atoms with Crippen LogP contribution in [0.4, 0.5) is 0 Å². The lowest BCUT2D eigenvalue weighted by Gasteiger charge is -2.22. The Morgan fingerprint density at radius 1 is 0.667 bits per heavy atom. The molecule has 0 aromatic carbocycles. The first-order valence-corrected chi connectivity index (χ1v) is 9.05. The molecule has 0 rings (SSSR count). The van der Waals surface area contributed by atoms with E-state index in [0.29, 0.717) is 13.2 Å². The minimum atomic E-state index is -2.98. The standard InChI is InChI=1S/C10H22O6Si2/c1-7-15-17(11-3,12-4)9-10-18(13-5,14-6)16-8-2/h7-8H2,1-6H3. The summed E-state index contributed by atoms with van der Waals surface area (Å²) in [5.74, 6) is 0. The second-order valence-corrected chi connectivity index (χ2v) is 7.98. The van der Waals surface area contributed by atoms with Gasteiger partial charge in [0.25, 0.3) is 0 Å². The van der Waals surface area contributed by atoms with E-state index in [1.165, 1.54) is 28.4 Å². The normalized spacial score (nSPS) is 12.1. The molecule has 0 saturated carbocycles. The van der Waals surface area contributed by atoms with Crippen LogP contribution in [0.25, 0.3) is 0 Å². The molecule has 0 aromatic rings. The summed E-state index contributed by atoms with van der Waals surface area (Å²) in [4.78, 5) is 0. The average molecular weight is 294 g/mol. The molecule has 0 aliphatic heterocycles. The summed E-state index contributed by atoms with van der Waals surface area (Å²) in [6.45, 7) is 4.60. The molecule has 18 heavy (non-hydrogen) atoms. The van der Waals surface area contributed by atoms with Crippen molar-refractivity contribution in [1.82, 2.24) is 0 Å². The van der Waals surface area contributed by atoms with Crippen LogP contribution in [0.15, 0.2) is 0 Å². The zero-order chi connectivity index (χ0) is 14.1. The summed E-state index contributed by atoms with van der Waals surface area (Å²) in [5.41, 5.74) is 5.74. The van der Waals surface area contributed by atoms with E-state index in [2.05, 4.69) is 11.1 Å². The van der Waals surface area contributed by atoms with Crippen LogP contribution in [0, 0.1) is 11.1 Å². The van der Waals surface area contributed by atoms with Gasteiger partial charge in [0.15, 0.2) is 0 Å². The molecule has 0 radical (unpaired) electrons. The van der Waals surface area contributed by atoms with E-state index in [4.69, 9.17) is 26.6 Å². The molecule has 0 fully saturated rings. The highest BCUT2D eigenvalue weighted by Crippen LogP contribution is 2.09. The third-order valence-electron chi connectivity index (χ3n) is 2.11. The first-order valence-electron chi connectivity index (χ1n) is 5.60. The van der Waals surface area contributed by atoms with Crippen molar-refractivity contribution in [1.29, 1.82) is 0 Å². The summed E-state index contributed by atoms with van der Waals surface area (Å²) < 4.78 is 32.0. The van der Waals surface area contributed by atoms with Crippen molar-refractivity contribution in [3.63, 3.8) is 0 Å². The molecule has 8 heteroatoms. The molecular weight excluding hydrogens is 272 g/mol. The van der Waals surface area contributed by atoms with Gasteiger partial charge in [-0.3, -0.25) is 0 Å². The van der Waals surface area contributed by atoms with Gasteiger partial charge in [-0.15, -0.1) is 0 Å². The largest absolute Gasteiger partial charge is 0.590 e. The van der Waals surface area contributed by atoms with Gasteiger partial charge in [-0.25, -0.2) is 0 Å². The molecular formula is C10H22O6Si2. The zero-order valence-corrected chi connectivity index (χ0v) is 13.9. The molecule has 6 nitrogen and oxygen atoms in total. The van der Waals surface area contributed by atoms with E-state index in [9.17, 15) is 0 Å². The van der Waals surface area contributed by atoms with Crippen molar-refractivity contribution >= 4 is 17.6 Å². The molecule has 0 aliphatic rings. The van der Waals surface area contributed by atoms with Gasteiger partial charge in [0.1, 0.15) is 0 Å². The van der Waals surface area contributed by atoms with Gasteiger partial charge in [-0.1, -0.05) is 0 Å². The topological polar surface area (TPSA) is 55.4 Å². The van der Waals surface area contributed by atoms with Crippen LogP contribution in [0.5, 0.6) is 0 Å². The van der Waals surface area contributed by atoms with Crippen LogP contribution in [-0.2, 0) is 26.6 Å². The molecule has 0 unspecified atom stereocenters. The zero-order valence-electron chi connectivity index (χ0n) is 11.9. The fourth-order valence-corrected chi connectivity index (χ4v) is 4.55. The SMILES string of the molecule is CCO[Si](C#C[Si](OC)(OC)OCC)(OC)OC. The molecule has 0 saturated heterocycles. The monoisotopic (exact) mass is 294 g/mol. The maximum absolute atomic E-state index is 5.47. The second kappa shape index (κ2) is 8.79. The van der Waals surface area contributed by atoms with Gasteiger partial charge in [-0.05, 0) is 24.9 Å². The van der Waals surface area contributed by atoms with Crippen molar-refractivity contribution in [3.8, 4) is 11.1 Å². The van der Waals surface area contributed by atoms with Gasteiger partial charge in [0.2, 0.25) is 0 Å². The Bertz CT molecular complexity index is 254. The Hall–Kier alpha value is -0.246. The molecule has 0 spiro atoms. The molecule has 106 valence electrons. The van der Waals surface area contributed by atoms with E-state index < -0.39 is 17.6 Å². The highest BCUT2D eigenvalue weighted by molar-refractivity contribution is 6.75. The predicted octanol–water partition coefficient (Wildman–Crippen LogP) is 0.605. The molecule has 0 amide bonds. The Morgan fingerprint density at radius 2 is 0.944 bits per heavy atom. The van der Waals surface area contributed by atoms with Crippen LogP contribution in [0.3, 0.4) is 0 Å². The molecule has 0 heterocycles. The van der Waals surface area contributed by atoms with Crippen LogP contribution in [-0.4, -0.2) is 59.3 Å². The summed E-state index contributed by atoms with van der Waals surface area (Å²) >= 11 is 0. The van der Waals surface area contributed by atoms with E-state index in [0.717, 1.165) is 0 Å².